The molecular formula is C15H19N3. The maximum atomic E-state index is 4.37. The molecule has 0 bridgehead atoms. The van der Waals surface area contributed by atoms with Gasteiger partial charge in [-0.05, 0) is 30.5 Å². The molecule has 0 fully saturated rings. The smallest absolute Gasteiger partial charge is 0.125 e. The van der Waals surface area contributed by atoms with Crippen molar-refractivity contribution in [3.63, 3.8) is 0 Å². The van der Waals surface area contributed by atoms with Crippen molar-refractivity contribution in [2.45, 2.75) is 33.4 Å². The zero-order valence-electron chi connectivity index (χ0n) is 11.0. The van der Waals surface area contributed by atoms with E-state index in [-0.39, 0.29) is 0 Å². The quantitative estimate of drug-likeness (QED) is 0.874. The number of benzene rings is 1. The van der Waals surface area contributed by atoms with E-state index in [4.69, 9.17) is 0 Å². The number of rotatable bonds is 5. The molecule has 0 amide bonds. The maximum Gasteiger partial charge on any atom is 0.125 e. The second-order valence-electron chi connectivity index (χ2n) is 4.32. The molecule has 0 aliphatic rings. The molecule has 0 radical (unpaired) electrons. The SMILES string of the molecule is CCc1ccccc1CNCc1ccnc(C)n1. The Bertz CT molecular complexity index is 509. The predicted molar refractivity (Wildman–Crippen MR) is 73.1 cm³/mol. The predicted octanol–water partition coefficient (Wildman–Crippen LogP) is 2.64. The van der Waals surface area contributed by atoms with Gasteiger partial charge in [-0.2, -0.15) is 0 Å². The van der Waals surface area contributed by atoms with Crippen molar-refractivity contribution < 1.29 is 0 Å². The molecule has 2 aromatic rings. The van der Waals surface area contributed by atoms with Crippen LogP contribution in [0.2, 0.25) is 0 Å². The van der Waals surface area contributed by atoms with Gasteiger partial charge in [0.2, 0.25) is 0 Å². The van der Waals surface area contributed by atoms with Crippen molar-refractivity contribution in [2.75, 3.05) is 0 Å². The summed E-state index contributed by atoms with van der Waals surface area (Å²) >= 11 is 0. The van der Waals surface area contributed by atoms with Crippen LogP contribution in [0.5, 0.6) is 0 Å². The summed E-state index contributed by atoms with van der Waals surface area (Å²) in [5, 5.41) is 3.43. The lowest BCUT2D eigenvalue weighted by atomic mass is 10.1. The molecule has 1 aromatic heterocycles. The summed E-state index contributed by atoms with van der Waals surface area (Å²) in [6, 6.07) is 10.5. The molecule has 3 nitrogen and oxygen atoms in total. The van der Waals surface area contributed by atoms with Gasteiger partial charge in [0.25, 0.3) is 0 Å². The zero-order valence-corrected chi connectivity index (χ0v) is 11.0. The van der Waals surface area contributed by atoms with E-state index in [1.54, 1.807) is 6.20 Å². The second kappa shape index (κ2) is 6.26. The highest BCUT2D eigenvalue weighted by Crippen LogP contribution is 2.09. The van der Waals surface area contributed by atoms with Crippen LogP contribution in [-0.4, -0.2) is 9.97 Å². The summed E-state index contributed by atoms with van der Waals surface area (Å²) < 4.78 is 0. The largest absolute Gasteiger partial charge is 0.307 e. The molecule has 0 aliphatic heterocycles. The summed E-state index contributed by atoms with van der Waals surface area (Å²) in [5.41, 5.74) is 3.81. The third-order valence-electron chi connectivity index (χ3n) is 2.95. The monoisotopic (exact) mass is 241 g/mol. The van der Waals surface area contributed by atoms with Gasteiger partial charge < -0.3 is 5.32 Å². The topological polar surface area (TPSA) is 37.8 Å². The molecular weight excluding hydrogens is 222 g/mol. The third-order valence-corrected chi connectivity index (χ3v) is 2.95. The molecule has 94 valence electrons. The Hall–Kier alpha value is -1.74. The van der Waals surface area contributed by atoms with E-state index in [2.05, 4.69) is 46.5 Å². The molecule has 1 N–H and O–H groups in total. The van der Waals surface area contributed by atoms with Crippen molar-refractivity contribution in [3.8, 4) is 0 Å². The molecule has 2 rings (SSSR count). The fourth-order valence-corrected chi connectivity index (χ4v) is 2.00. The fourth-order valence-electron chi connectivity index (χ4n) is 2.00. The first-order valence-electron chi connectivity index (χ1n) is 6.35. The van der Waals surface area contributed by atoms with Crippen LogP contribution in [-0.2, 0) is 19.5 Å². The zero-order chi connectivity index (χ0) is 12.8. The lowest BCUT2D eigenvalue weighted by molar-refractivity contribution is 0.671. The Kier molecular flexibility index (Phi) is 4.42. The number of hydrogen-bond acceptors (Lipinski definition) is 3. The molecule has 3 heteroatoms. The van der Waals surface area contributed by atoms with Gasteiger partial charge in [-0.25, -0.2) is 9.97 Å². The standard InChI is InChI=1S/C15H19N3/c1-3-13-6-4-5-7-14(13)10-16-11-15-8-9-17-12(2)18-15/h4-9,16H,3,10-11H2,1-2H3. The van der Waals surface area contributed by atoms with Gasteiger partial charge >= 0.3 is 0 Å². The van der Waals surface area contributed by atoms with Gasteiger partial charge in [-0.15, -0.1) is 0 Å². The Labute approximate surface area is 108 Å². The van der Waals surface area contributed by atoms with Crippen molar-refractivity contribution in [1.82, 2.24) is 15.3 Å². The van der Waals surface area contributed by atoms with Crippen LogP contribution in [0, 0.1) is 6.92 Å². The fraction of sp³-hybridized carbons (Fsp3) is 0.333. The van der Waals surface area contributed by atoms with Gasteiger partial charge in [0, 0.05) is 19.3 Å². The Morgan fingerprint density at radius 3 is 2.56 bits per heavy atom. The average Bonchev–Trinajstić information content (AvgIpc) is 2.39. The molecule has 0 aliphatic carbocycles. The normalized spacial score (nSPS) is 10.6. The van der Waals surface area contributed by atoms with Crippen molar-refractivity contribution in [3.05, 3.63) is 59.2 Å². The lowest BCUT2D eigenvalue weighted by Gasteiger charge is -2.09. The van der Waals surface area contributed by atoms with E-state index in [1.165, 1.54) is 11.1 Å². The van der Waals surface area contributed by atoms with Gasteiger partial charge in [0.05, 0.1) is 5.69 Å². The van der Waals surface area contributed by atoms with E-state index >= 15 is 0 Å². The first kappa shape index (κ1) is 12.7. The summed E-state index contributed by atoms with van der Waals surface area (Å²) in [6.07, 6.45) is 2.88. The maximum absolute atomic E-state index is 4.37. The minimum absolute atomic E-state index is 0.779. The molecule has 1 heterocycles. The van der Waals surface area contributed by atoms with Crippen molar-refractivity contribution in [1.29, 1.82) is 0 Å². The van der Waals surface area contributed by atoms with Crippen LogP contribution in [0.4, 0.5) is 0 Å². The first-order chi connectivity index (χ1) is 8.79. The van der Waals surface area contributed by atoms with Crippen LogP contribution in [0.15, 0.2) is 36.5 Å². The number of aryl methyl sites for hydroxylation is 2. The molecule has 0 unspecified atom stereocenters. The highest BCUT2D eigenvalue weighted by Gasteiger charge is 2.00. The molecule has 0 saturated carbocycles. The Balaban J connectivity index is 1.92. The number of nitrogens with zero attached hydrogens (tertiary/aromatic N) is 2. The highest BCUT2D eigenvalue weighted by atomic mass is 14.9. The van der Waals surface area contributed by atoms with Gasteiger partial charge in [-0.1, -0.05) is 31.2 Å². The van der Waals surface area contributed by atoms with Crippen LogP contribution in [0.3, 0.4) is 0 Å². The van der Waals surface area contributed by atoms with E-state index < -0.39 is 0 Å². The summed E-state index contributed by atoms with van der Waals surface area (Å²) in [6.45, 7) is 5.76. The number of hydrogen-bond donors (Lipinski definition) is 1. The summed E-state index contributed by atoms with van der Waals surface area (Å²) in [4.78, 5) is 8.47. The average molecular weight is 241 g/mol. The third kappa shape index (κ3) is 3.37. The van der Waals surface area contributed by atoms with E-state index in [0.717, 1.165) is 31.0 Å². The Morgan fingerprint density at radius 2 is 1.83 bits per heavy atom. The number of aromatic nitrogens is 2. The molecule has 1 aromatic carbocycles. The van der Waals surface area contributed by atoms with Crippen LogP contribution >= 0.6 is 0 Å². The van der Waals surface area contributed by atoms with E-state index in [1.807, 2.05) is 13.0 Å². The van der Waals surface area contributed by atoms with Crippen molar-refractivity contribution >= 4 is 0 Å². The molecule has 18 heavy (non-hydrogen) atoms. The van der Waals surface area contributed by atoms with E-state index in [9.17, 15) is 0 Å². The highest BCUT2D eigenvalue weighted by molar-refractivity contribution is 5.26. The Morgan fingerprint density at radius 1 is 1.06 bits per heavy atom. The summed E-state index contributed by atoms with van der Waals surface area (Å²) in [5.74, 6) is 0.822. The minimum atomic E-state index is 0.779. The molecule has 0 saturated heterocycles. The van der Waals surface area contributed by atoms with Crippen LogP contribution < -0.4 is 5.32 Å². The second-order valence-corrected chi connectivity index (χ2v) is 4.32. The first-order valence-corrected chi connectivity index (χ1v) is 6.35. The summed E-state index contributed by atoms with van der Waals surface area (Å²) in [7, 11) is 0. The molecule has 0 atom stereocenters. The van der Waals surface area contributed by atoms with E-state index in [0.29, 0.717) is 0 Å². The van der Waals surface area contributed by atoms with Gasteiger partial charge in [0.1, 0.15) is 5.82 Å². The van der Waals surface area contributed by atoms with Gasteiger partial charge in [-0.3, -0.25) is 0 Å². The van der Waals surface area contributed by atoms with Crippen LogP contribution in [0.25, 0.3) is 0 Å². The minimum Gasteiger partial charge on any atom is -0.307 e. The number of nitrogens with one attached hydrogen (secondary N) is 1. The molecule has 0 spiro atoms. The van der Waals surface area contributed by atoms with Crippen molar-refractivity contribution in [2.24, 2.45) is 0 Å². The van der Waals surface area contributed by atoms with Crippen LogP contribution in [0.1, 0.15) is 29.6 Å². The van der Waals surface area contributed by atoms with Gasteiger partial charge in [0.15, 0.2) is 0 Å². The lowest BCUT2D eigenvalue weighted by Crippen LogP contribution is -2.15.